The molecular weight excluding hydrogens is 935 g/mol. The highest BCUT2D eigenvalue weighted by Gasteiger charge is 2.68. The van der Waals surface area contributed by atoms with E-state index in [0.717, 1.165) is 43.2 Å². The average Bonchev–Trinajstić information content (AvgIpc) is 3.74. The molecule has 1 saturated heterocycles. The van der Waals surface area contributed by atoms with Crippen molar-refractivity contribution in [2.45, 2.75) is 128 Å². The Hall–Kier alpha value is -6.71. The van der Waals surface area contributed by atoms with E-state index in [0.29, 0.717) is 17.0 Å². The number of carbonyl (C=O) groups is 5. The fourth-order valence-corrected chi connectivity index (χ4v) is 10.4. The fourth-order valence-electron chi connectivity index (χ4n) is 10.4. The molecule has 15 N–H and O–H groups in total. The summed E-state index contributed by atoms with van der Waals surface area (Å²) in [4.78, 5) is 69.5. The molecule has 4 aliphatic rings. The van der Waals surface area contributed by atoms with Gasteiger partial charge in [-0.25, -0.2) is 0 Å². The molecular formula is C53H69BN8O11. The van der Waals surface area contributed by atoms with Crippen LogP contribution in [0.1, 0.15) is 93.3 Å². The number of hydrogen-bond donors (Lipinski definition) is 12. The highest BCUT2D eigenvalue weighted by Crippen LogP contribution is 2.65. The van der Waals surface area contributed by atoms with Crippen molar-refractivity contribution in [3.63, 3.8) is 0 Å². The normalized spacial score (nSPS) is 21.5. The minimum atomic E-state index is -1.80. The van der Waals surface area contributed by atoms with E-state index < -0.39 is 89.9 Å². The predicted molar refractivity (Wildman–Crippen MR) is 273 cm³/mol. The molecule has 3 saturated carbocycles. The van der Waals surface area contributed by atoms with Crippen LogP contribution in [0.2, 0.25) is 0 Å². The van der Waals surface area contributed by atoms with Crippen LogP contribution >= 0.6 is 0 Å². The van der Waals surface area contributed by atoms with Gasteiger partial charge in [0.15, 0.2) is 29.2 Å². The molecule has 1 unspecified atom stereocenters. The quantitative estimate of drug-likeness (QED) is 0.0306. The number of nitrogens with one attached hydrogen (secondary N) is 5. The van der Waals surface area contributed by atoms with Crippen molar-refractivity contribution >= 4 is 36.7 Å². The molecule has 1 aliphatic heterocycles. The first kappa shape index (κ1) is 54.1. The largest absolute Gasteiger partial charge is 0.504 e. The van der Waals surface area contributed by atoms with Crippen molar-refractivity contribution in [3.8, 4) is 34.1 Å². The molecule has 9 atom stereocenters. The summed E-state index contributed by atoms with van der Waals surface area (Å²) in [6.45, 7) is 8.57. The first-order valence-corrected chi connectivity index (χ1v) is 25.0. The SMILES string of the molecule is CCCCc1ccc(-c2ccc(C(=O)N[C@@H](CCN)C(=O)N[C@@H](CCc3ccc(O)c(O)c3)C(=O)N[C@@H](N)C(=O)N[C@@H](Cc3ccc(O)c(O)c3)C(=O)N[C@@H](N)B3OC4C[C@@H]5C[C@@H](C5(C)C)[C@]4(C)O3)cc2)cc1. The lowest BCUT2D eigenvalue weighted by Gasteiger charge is -2.64. The van der Waals surface area contributed by atoms with Crippen LogP contribution in [0, 0.1) is 17.3 Å². The van der Waals surface area contributed by atoms with Crippen molar-refractivity contribution < 1.29 is 53.7 Å². The average molecular weight is 1000 g/mol. The summed E-state index contributed by atoms with van der Waals surface area (Å²) in [5.41, 5.74) is 22.3. The maximum Gasteiger partial charge on any atom is 0.497 e. The van der Waals surface area contributed by atoms with Crippen LogP contribution in [0.25, 0.3) is 11.1 Å². The predicted octanol–water partition coefficient (Wildman–Crippen LogP) is 2.88. The van der Waals surface area contributed by atoms with Crippen molar-refractivity contribution in [1.82, 2.24) is 26.6 Å². The van der Waals surface area contributed by atoms with Gasteiger partial charge in [-0.1, -0.05) is 75.7 Å². The van der Waals surface area contributed by atoms with E-state index in [2.05, 4.69) is 59.5 Å². The number of unbranched alkanes of at least 4 members (excludes halogenated alkanes) is 1. The van der Waals surface area contributed by atoms with E-state index in [1.807, 2.05) is 31.2 Å². The van der Waals surface area contributed by atoms with Gasteiger partial charge in [-0.05, 0) is 140 Å². The zero-order chi connectivity index (χ0) is 52.8. The van der Waals surface area contributed by atoms with E-state index in [1.54, 1.807) is 12.1 Å². The number of aromatic hydroxyl groups is 4. The van der Waals surface area contributed by atoms with Crippen LogP contribution in [0.3, 0.4) is 0 Å². The van der Waals surface area contributed by atoms with Crippen LogP contribution in [0.15, 0.2) is 84.9 Å². The summed E-state index contributed by atoms with van der Waals surface area (Å²) in [5.74, 6) is -4.98. The number of phenols is 4. The molecule has 8 rings (SSSR count). The molecule has 4 aromatic rings. The number of hydrogen-bond acceptors (Lipinski definition) is 14. The van der Waals surface area contributed by atoms with Crippen LogP contribution < -0.4 is 43.8 Å². The molecule has 390 valence electrons. The number of carbonyl (C=O) groups excluding carboxylic acids is 5. The first-order chi connectivity index (χ1) is 34.7. The summed E-state index contributed by atoms with van der Waals surface area (Å²) in [6, 6.07) is 17.9. The van der Waals surface area contributed by atoms with Crippen LogP contribution in [0.4, 0.5) is 0 Å². The van der Waals surface area contributed by atoms with Crippen LogP contribution in [0.5, 0.6) is 23.0 Å². The van der Waals surface area contributed by atoms with E-state index >= 15 is 0 Å². The topological polar surface area (TPSA) is 323 Å². The summed E-state index contributed by atoms with van der Waals surface area (Å²) in [5, 5.41) is 53.3. The molecule has 19 nitrogen and oxygen atoms in total. The van der Waals surface area contributed by atoms with Gasteiger partial charge in [0, 0.05) is 12.0 Å². The van der Waals surface area contributed by atoms with Crippen LogP contribution in [-0.4, -0.2) is 106 Å². The van der Waals surface area contributed by atoms with E-state index in [-0.39, 0.29) is 61.0 Å². The Bertz CT molecular complexity index is 2640. The summed E-state index contributed by atoms with van der Waals surface area (Å²) in [6.07, 6.45) is 2.67. The third kappa shape index (κ3) is 12.6. The smallest absolute Gasteiger partial charge is 0.497 e. The molecule has 1 heterocycles. The lowest BCUT2D eigenvalue weighted by molar-refractivity contribution is -0.199. The third-order valence-electron chi connectivity index (χ3n) is 15.0. The van der Waals surface area contributed by atoms with E-state index in [1.165, 1.54) is 42.0 Å². The van der Waals surface area contributed by atoms with Crippen molar-refractivity contribution in [2.75, 3.05) is 6.54 Å². The Morgan fingerprint density at radius 1 is 0.658 bits per heavy atom. The maximum absolute atomic E-state index is 14.1. The Labute approximate surface area is 425 Å². The zero-order valence-corrected chi connectivity index (χ0v) is 41.7. The van der Waals surface area contributed by atoms with Gasteiger partial charge in [-0.15, -0.1) is 0 Å². The number of nitrogens with two attached hydrogens (primary N) is 3. The first-order valence-electron chi connectivity index (χ1n) is 25.0. The monoisotopic (exact) mass is 1000 g/mol. The van der Waals surface area contributed by atoms with Gasteiger partial charge >= 0.3 is 7.12 Å². The van der Waals surface area contributed by atoms with Gasteiger partial charge in [0.1, 0.15) is 24.2 Å². The summed E-state index contributed by atoms with van der Waals surface area (Å²) in [7, 11) is -1.00. The molecule has 4 aromatic carbocycles. The second-order valence-electron chi connectivity index (χ2n) is 20.4. The molecule has 2 bridgehead atoms. The molecule has 0 aromatic heterocycles. The summed E-state index contributed by atoms with van der Waals surface area (Å²) >= 11 is 0. The van der Waals surface area contributed by atoms with E-state index in [4.69, 9.17) is 26.5 Å². The van der Waals surface area contributed by atoms with Gasteiger partial charge in [-0.2, -0.15) is 0 Å². The fraction of sp³-hybridized carbons (Fsp3) is 0.453. The lowest BCUT2D eigenvalue weighted by Crippen LogP contribution is -2.65. The van der Waals surface area contributed by atoms with Gasteiger partial charge < -0.3 is 73.5 Å². The molecule has 3 aliphatic carbocycles. The van der Waals surface area contributed by atoms with Gasteiger partial charge in [-0.3, -0.25) is 24.0 Å². The Morgan fingerprint density at radius 3 is 1.84 bits per heavy atom. The summed E-state index contributed by atoms with van der Waals surface area (Å²) < 4.78 is 12.7. The highest BCUT2D eigenvalue weighted by molar-refractivity contribution is 6.47. The third-order valence-corrected chi connectivity index (χ3v) is 15.0. The van der Waals surface area contributed by atoms with Crippen LogP contribution in [-0.2, 0) is 47.7 Å². The second-order valence-corrected chi connectivity index (χ2v) is 20.4. The van der Waals surface area contributed by atoms with Gasteiger partial charge in [0.05, 0.1) is 11.7 Å². The maximum atomic E-state index is 14.1. The lowest BCUT2D eigenvalue weighted by atomic mass is 9.43. The van der Waals surface area contributed by atoms with Crippen molar-refractivity contribution in [1.29, 1.82) is 0 Å². The highest BCUT2D eigenvalue weighted by atomic mass is 16.7. The Balaban J connectivity index is 1.02. The molecule has 5 amide bonds. The zero-order valence-electron chi connectivity index (χ0n) is 41.7. The van der Waals surface area contributed by atoms with Gasteiger partial charge in [0.2, 0.25) is 17.7 Å². The number of amides is 5. The Morgan fingerprint density at radius 2 is 1.22 bits per heavy atom. The molecule has 73 heavy (non-hydrogen) atoms. The minimum Gasteiger partial charge on any atom is -0.504 e. The molecule has 0 spiro atoms. The number of benzene rings is 4. The van der Waals surface area contributed by atoms with Crippen molar-refractivity contribution in [2.24, 2.45) is 34.5 Å². The minimum absolute atomic E-state index is 0.00784. The molecule has 4 fully saturated rings. The second kappa shape index (κ2) is 23.0. The van der Waals surface area contributed by atoms with Crippen molar-refractivity contribution in [3.05, 3.63) is 107 Å². The number of aryl methyl sites for hydroxylation is 2. The standard InChI is InChI=1S/C53H69BN8O11/c1-5-6-7-29-8-13-32(14-9-29)33-15-17-34(18-16-33)46(67)58-37(22-23-55)47(68)59-36(19-10-30-11-20-39(63)41(65)25-30)48(69)61-45(56)50(71)60-38(24-31-12-21-40(64)42(66)26-31)49(70)62-51(57)54-72-44-28-35-27-43(52(35,2)3)53(44,4)73-54/h8-9,11-18,20-21,25-26,35-38,43-45,51,63-66H,5-7,10,19,22-24,27-28,55-57H2,1-4H3,(H,58,67)(H,59,68)(H,60,71)(H,61,69)(H,62,70)/t35-,36-,37-,38-,43-,44?,45+,51+,53-/m0/s1. The van der Waals surface area contributed by atoms with Gasteiger partial charge in [0.25, 0.3) is 11.8 Å². The van der Waals surface area contributed by atoms with E-state index in [9.17, 15) is 44.4 Å². The molecule has 20 heteroatoms. The molecule has 0 radical (unpaired) electrons. The number of phenolic OH excluding ortho intramolecular Hbond substituents is 4. The number of rotatable bonds is 22. The Kier molecular flexibility index (Phi) is 17.0.